The summed E-state index contributed by atoms with van der Waals surface area (Å²) in [4.78, 5) is 30.0. The summed E-state index contributed by atoms with van der Waals surface area (Å²) in [5.74, 6) is 0.229. The molecule has 0 saturated carbocycles. The van der Waals surface area contributed by atoms with Gasteiger partial charge in [-0.2, -0.15) is 4.99 Å². The molecule has 0 rings (SSSR count). The number of ether oxygens (including phenoxy) is 1. The van der Waals surface area contributed by atoms with E-state index in [-0.39, 0.29) is 5.96 Å². The number of rotatable bonds is 7. The first-order valence-corrected chi connectivity index (χ1v) is 7.79. The van der Waals surface area contributed by atoms with E-state index in [1.54, 1.807) is 19.0 Å². The van der Waals surface area contributed by atoms with Crippen LogP contribution in [0.5, 0.6) is 0 Å². The zero-order valence-electron chi connectivity index (χ0n) is 14.5. The highest BCUT2D eigenvalue weighted by Crippen LogP contribution is 2.04. The van der Waals surface area contributed by atoms with Gasteiger partial charge in [-0.05, 0) is 6.42 Å². The van der Waals surface area contributed by atoms with Crippen molar-refractivity contribution in [3.05, 3.63) is 0 Å². The van der Waals surface area contributed by atoms with Crippen LogP contribution in [0.2, 0.25) is 0 Å². The Hall–Kier alpha value is -1.79. The van der Waals surface area contributed by atoms with E-state index in [0.29, 0.717) is 6.54 Å². The molecule has 0 fully saturated rings. The summed E-state index contributed by atoms with van der Waals surface area (Å²) in [6, 6.07) is -0.451. The Balaban J connectivity index is 4.24. The minimum absolute atomic E-state index is 0.229. The lowest BCUT2D eigenvalue weighted by atomic mass is 10.1. The smallest absolute Gasteiger partial charge is 0.416 e. The molecule has 0 aromatic carbocycles. The molecule has 0 spiro atoms. The fourth-order valence-corrected chi connectivity index (χ4v) is 1.92. The lowest BCUT2D eigenvalue weighted by molar-refractivity contribution is 0.149. The number of amides is 3. The zero-order chi connectivity index (χ0) is 17.0. The third-order valence-electron chi connectivity index (χ3n) is 3.16. The number of aliphatic imine (C=N–C) groups is 1. The minimum atomic E-state index is -0.573. The van der Waals surface area contributed by atoms with Gasteiger partial charge in [-0.3, -0.25) is 4.90 Å². The zero-order valence-corrected chi connectivity index (χ0v) is 14.5. The fourth-order valence-electron chi connectivity index (χ4n) is 1.92. The molecular formula is C15H30N4O3. The molecule has 3 amide bonds. The second-order valence-corrected chi connectivity index (χ2v) is 5.33. The molecule has 0 aromatic rings. The third-order valence-corrected chi connectivity index (χ3v) is 3.16. The maximum atomic E-state index is 11.8. The number of methoxy groups -OCH3 is 1. The summed E-state index contributed by atoms with van der Waals surface area (Å²) >= 11 is 0. The molecule has 7 heteroatoms. The average Bonchev–Trinajstić information content (AvgIpc) is 2.49. The van der Waals surface area contributed by atoms with Crippen LogP contribution in [-0.4, -0.2) is 62.7 Å². The Morgan fingerprint density at radius 2 is 1.64 bits per heavy atom. The van der Waals surface area contributed by atoms with E-state index >= 15 is 0 Å². The number of guanidine groups is 1. The summed E-state index contributed by atoms with van der Waals surface area (Å²) in [6.07, 6.45) is 6.41. The number of unbranched alkanes of at least 4 members (excludes halogenated alkanes) is 5. The van der Waals surface area contributed by atoms with Crippen molar-refractivity contribution in [1.29, 1.82) is 0 Å². The Bertz CT molecular complexity index is 370. The van der Waals surface area contributed by atoms with E-state index in [1.165, 1.54) is 44.7 Å². The third kappa shape index (κ3) is 8.49. The van der Waals surface area contributed by atoms with E-state index in [9.17, 15) is 9.59 Å². The highest BCUT2D eigenvalue weighted by molar-refractivity contribution is 5.99. The number of hydrogen-bond acceptors (Lipinski definition) is 3. The highest BCUT2D eigenvalue weighted by atomic mass is 16.5. The van der Waals surface area contributed by atoms with Crippen molar-refractivity contribution in [3.63, 3.8) is 0 Å². The van der Waals surface area contributed by atoms with E-state index in [1.807, 2.05) is 0 Å². The second kappa shape index (κ2) is 11.8. The number of nitrogens with zero attached hydrogens (tertiary/aromatic N) is 3. The van der Waals surface area contributed by atoms with Crippen molar-refractivity contribution in [2.45, 2.75) is 45.4 Å². The summed E-state index contributed by atoms with van der Waals surface area (Å²) in [5.41, 5.74) is 0. The van der Waals surface area contributed by atoms with Gasteiger partial charge >= 0.3 is 12.1 Å². The lowest BCUT2D eigenvalue weighted by Gasteiger charge is -2.23. The number of nitrogens with one attached hydrogen (secondary N) is 1. The van der Waals surface area contributed by atoms with Crippen LogP contribution >= 0.6 is 0 Å². The molecule has 0 unspecified atom stereocenters. The van der Waals surface area contributed by atoms with Crippen LogP contribution in [0.1, 0.15) is 45.4 Å². The molecule has 0 bridgehead atoms. The largest absolute Gasteiger partial charge is 0.452 e. The maximum absolute atomic E-state index is 11.8. The monoisotopic (exact) mass is 314 g/mol. The summed E-state index contributed by atoms with van der Waals surface area (Å²) in [6.45, 7) is 2.78. The number of urea groups is 1. The van der Waals surface area contributed by atoms with Gasteiger partial charge in [0.05, 0.1) is 7.11 Å². The van der Waals surface area contributed by atoms with Crippen LogP contribution in [0.3, 0.4) is 0 Å². The molecule has 7 nitrogen and oxygen atoms in total. The van der Waals surface area contributed by atoms with Crippen LogP contribution in [0, 0.1) is 0 Å². The normalized spacial score (nSPS) is 11.0. The summed E-state index contributed by atoms with van der Waals surface area (Å²) < 4.78 is 4.62. The van der Waals surface area contributed by atoms with Gasteiger partial charge in [-0.15, -0.1) is 0 Å². The molecule has 1 N–H and O–H groups in total. The van der Waals surface area contributed by atoms with Crippen molar-refractivity contribution in [2.75, 3.05) is 34.8 Å². The van der Waals surface area contributed by atoms with Crippen LogP contribution in [0.25, 0.3) is 0 Å². The minimum Gasteiger partial charge on any atom is -0.452 e. The van der Waals surface area contributed by atoms with E-state index in [2.05, 4.69) is 22.0 Å². The molecule has 0 aliphatic rings. The van der Waals surface area contributed by atoms with E-state index in [0.717, 1.165) is 12.8 Å². The molecule has 0 aliphatic carbocycles. The Labute approximate surface area is 133 Å². The van der Waals surface area contributed by atoms with Gasteiger partial charge in [0.1, 0.15) is 0 Å². The highest BCUT2D eigenvalue weighted by Gasteiger charge is 2.18. The average molecular weight is 314 g/mol. The van der Waals surface area contributed by atoms with Crippen LogP contribution < -0.4 is 5.32 Å². The topological polar surface area (TPSA) is 74.2 Å². The first-order valence-electron chi connectivity index (χ1n) is 7.79. The predicted molar refractivity (Wildman–Crippen MR) is 88.1 cm³/mol. The van der Waals surface area contributed by atoms with Crippen molar-refractivity contribution in [1.82, 2.24) is 15.1 Å². The molecular weight excluding hydrogens is 284 g/mol. The first kappa shape index (κ1) is 20.2. The van der Waals surface area contributed by atoms with Crippen molar-refractivity contribution >= 4 is 18.1 Å². The van der Waals surface area contributed by atoms with Crippen LogP contribution in [0.4, 0.5) is 9.59 Å². The molecule has 0 atom stereocenters. The summed E-state index contributed by atoms with van der Waals surface area (Å²) in [5, 5.41) is 2.74. The molecule has 22 heavy (non-hydrogen) atoms. The van der Waals surface area contributed by atoms with Crippen LogP contribution in [-0.2, 0) is 4.74 Å². The lowest BCUT2D eigenvalue weighted by Crippen LogP contribution is -2.43. The molecule has 0 heterocycles. The van der Waals surface area contributed by atoms with Gasteiger partial charge in [0, 0.05) is 27.7 Å². The van der Waals surface area contributed by atoms with Crippen molar-refractivity contribution < 1.29 is 14.3 Å². The quantitative estimate of drug-likeness (QED) is 0.445. The number of carbonyl (C=O) groups excluding carboxylic acids is 2. The summed E-state index contributed by atoms with van der Waals surface area (Å²) in [7, 11) is 6.20. The van der Waals surface area contributed by atoms with Gasteiger partial charge in [0.25, 0.3) is 0 Å². The van der Waals surface area contributed by atoms with Gasteiger partial charge in [0.2, 0.25) is 5.96 Å². The maximum Gasteiger partial charge on any atom is 0.416 e. The van der Waals surface area contributed by atoms with Gasteiger partial charge in [-0.1, -0.05) is 39.0 Å². The van der Waals surface area contributed by atoms with Crippen LogP contribution in [0.15, 0.2) is 4.99 Å². The predicted octanol–water partition coefficient (Wildman–Crippen LogP) is 2.67. The molecule has 0 saturated heterocycles. The first-order chi connectivity index (χ1) is 10.4. The van der Waals surface area contributed by atoms with Crippen molar-refractivity contribution in [3.8, 4) is 0 Å². The van der Waals surface area contributed by atoms with Crippen molar-refractivity contribution in [2.24, 2.45) is 4.99 Å². The Morgan fingerprint density at radius 1 is 1.05 bits per heavy atom. The van der Waals surface area contributed by atoms with E-state index in [4.69, 9.17) is 0 Å². The molecule has 0 aliphatic heterocycles. The van der Waals surface area contributed by atoms with Gasteiger partial charge in [-0.25, -0.2) is 9.59 Å². The molecule has 0 radical (unpaired) electrons. The second-order valence-electron chi connectivity index (χ2n) is 5.33. The van der Waals surface area contributed by atoms with E-state index < -0.39 is 12.1 Å². The molecule has 128 valence electrons. The fraction of sp³-hybridized carbons (Fsp3) is 0.800. The number of carbonyl (C=O) groups is 2. The van der Waals surface area contributed by atoms with Gasteiger partial charge < -0.3 is 15.0 Å². The van der Waals surface area contributed by atoms with Gasteiger partial charge in [0.15, 0.2) is 0 Å². The Kier molecular flexibility index (Phi) is 10.9. The molecule has 0 aromatic heterocycles. The standard InChI is InChI=1S/C15H30N4O3/c1-6-7-8-9-10-11-12-16-13(20)17-14(18(2)3)19(4)15(21)22-5/h6-12H2,1-5H3,(H,16,20)/b17-14+. The SMILES string of the molecule is CCCCCCCCNC(=O)/N=C(\N(C)C)N(C)C(=O)OC. The Morgan fingerprint density at radius 3 is 2.18 bits per heavy atom. The number of hydrogen-bond donors (Lipinski definition) is 1.